The lowest BCUT2D eigenvalue weighted by Crippen LogP contribution is -2.00. The van der Waals surface area contributed by atoms with Gasteiger partial charge in [0.1, 0.15) is 5.75 Å². The van der Waals surface area contributed by atoms with E-state index < -0.39 is 0 Å². The number of nitrogens with zero attached hydrogens (tertiary/aromatic N) is 1. The predicted octanol–water partition coefficient (Wildman–Crippen LogP) is 5.69. The lowest BCUT2D eigenvalue weighted by Gasteiger charge is -2.12. The number of nitrogens with one attached hydrogen (secondary N) is 1. The fraction of sp³-hybridized carbons (Fsp3) is 0.0952. The molecule has 0 saturated carbocycles. The number of benzene rings is 2. The number of thiophene rings is 1. The lowest BCUT2D eigenvalue weighted by molar-refractivity contribution is 0.416. The van der Waals surface area contributed by atoms with Gasteiger partial charge in [0, 0.05) is 17.0 Å². The zero-order valence-electron chi connectivity index (χ0n) is 14.3. The first-order valence-electron chi connectivity index (χ1n) is 8.27. The van der Waals surface area contributed by atoms with Gasteiger partial charge in [-0.2, -0.15) is 0 Å². The van der Waals surface area contributed by atoms with Crippen molar-refractivity contribution in [3.63, 3.8) is 0 Å². The highest BCUT2D eigenvalue weighted by Crippen LogP contribution is 2.32. The topological polar surface area (TPSA) is 47.3 Å². The van der Waals surface area contributed by atoms with Gasteiger partial charge in [-0.25, -0.2) is 4.98 Å². The van der Waals surface area contributed by atoms with Crippen molar-refractivity contribution in [2.45, 2.75) is 6.54 Å². The van der Waals surface area contributed by atoms with Gasteiger partial charge >= 0.3 is 0 Å². The summed E-state index contributed by atoms with van der Waals surface area (Å²) in [5.74, 6) is 1.53. The Labute approximate surface area is 156 Å². The highest BCUT2D eigenvalue weighted by atomic mass is 32.1. The summed E-state index contributed by atoms with van der Waals surface area (Å²) in [5, 5.41) is 5.65. The maximum atomic E-state index is 5.47. The molecule has 0 aliphatic rings. The second-order valence-corrected chi connectivity index (χ2v) is 6.73. The number of aromatic nitrogens is 1. The Kier molecular flexibility index (Phi) is 4.71. The van der Waals surface area contributed by atoms with E-state index in [4.69, 9.17) is 9.15 Å². The summed E-state index contributed by atoms with van der Waals surface area (Å²) >= 11 is 1.75. The minimum Gasteiger partial charge on any atom is -0.495 e. The summed E-state index contributed by atoms with van der Waals surface area (Å²) in [6, 6.07) is 18.6. The minimum absolute atomic E-state index is 0.722. The Balaban J connectivity index is 1.52. The summed E-state index contributed by atoms with van der Waals surface area (Å²) in [5.41, 5.74) is 4.37. The van der Waals surface area contributed by atoms with Gasteiger partial charge in [-0.15, -0.1) is 11.3 Å². The second kappa shape index (κ2) is 7.45. The highest BCUT2D eigenvalue weighted by molar-refractivity contribution is 7.13. The zero-order valence-corrected chi connectivity index (χ0v) is 15.1. The van der Waals surface area contributed by atoms with Crippen LogP contribution in [0, 0.1) is 0 Å². The van der Waals surface area contributed by atoms with Crippen LogP contribution in [0.5, 0.6) is 5.75 Å². The molecule has 4 aromatic rings. The Morgan fingerprint density at radius 2 is 1.96 bits per heavy atom. The molecule has 0 amide bonds. The quantitative estimate of drug-likeness (QED) is 0.478. The fourth-order valence-corrected chi connectivity index (χ4v) is 3.70. The number of anilines is 1. The van der Waals surface area contributed by atoms with E-state index in [2.05, 4.69) is 46.0 Å². The number of methoxy groups -OCH3 is 1. The summed E-state index contributed by atoms with van der Waals surface area (Å²) in [7, 11) is 1.67. The normalized spacial score (nSPS) is 10.7. The maximum Gasteiger partial charge on any atom is 0.181 e. The van der Waals surface area contributed by atoms with Gasteiger partial charge in [0.05, 0.1) is 19.0 Å². The molecule has 0 aliphatic heterocycles. The van der Waals surface area contributed by atoms with E-state index in [0.717, 1.165) is 29.3 Å². The van der Waals surface area contributed by atoms with Crippen LogP contribution in [0.1, 0.15) is 5.56 Å². The van der Waals surface area contributed by atoms with Gasteiger partial charge in [-0.05, 0) is 40.8 Å². The molecule has 2 aromatic heterocycles. The summed E-state index contributed by atoms with van der Waals surface area (Å²) in [4.78, 5) is 5.25. The van der Waals surface area contributed by atoms with Crippen LogP contribution in [0.15, 0.2) is 77.0 Å². The molecule has 2 aromatic carbocycles. The van der Waals surface area contributed by atoms with Crippen molar-refractivity contribution < 1.29 is 9.15 Å². The summed E-state index contributed by atoms with van der Waals surface area (Å²) in [6.07, 6.45) is 3.14. The van der Waals surface area contributed by atoms with Crippen LogP contribution in [0.4, 0.5) is 5.69 Å². The van der Waals surface area contributed by atoms with Crippen molar-refractivity contribution in [1.82, 2.24) is 4.98 Å². The first-order valence-corrected chi connectivity index (χ1v) is 9.15. The van der Waals surface area contributed by atoms with Crippen molar-refractivity contribution in [2.75, 3.05) is 12.4 Å². The lowest BCUT2D eigenvalue weighted by atomic mass is 10.1. The molecule has 4 nitrogen and oxygen atoms in total. The van der Waals surface area contributed by atoms with Gasteiger partial charge in [-0.3, -0.25) is 0 Å². The van der Waals surface area contributed by atoms with Crippen LogP contribution in [0.3, 0.4) is 0 Å². The molecule has 0 aliphatic carbocycles. The van der Waals surface area contributed by atoms with Crippen LogP contribution in [-0.2, 0) is 6.54 Å². The molecule has 2 heterocycles. The van der Waals surface area contributed by atoms with E-state index in [9.17, 15) is 0 Å². The third-order valence-corrected chi connectivity index (χ3v) is 5.14. The minimum atomic E-state index is 0.722. The van der Waals surface area contributed by atoms with Gasteiger partial charge in [0.15, 0.2) is 12.2 Å². The Bertz CT molecular complexity index is 978. The molecule has 26 heavy (non-hydrogen) atoms. The molecule has 0 radical (unpaired) electrons. The molecule has 4 rings (SSSR count). The van der Waals surface area contributed by atoms with Crippen molar-refractivity contribution in [2.24, 2.45) is 0 Å². The van der Waals surface area contributed by atoms with E-state index in [1.54, 1.807) is 24.6 Å². The van der Waals surface area contributed by atoms with Crippen LogP contribution >= 0.6 is 11.3 Å². The number of ether oxygens (including phenoxy) is 1. The van der Waals surface area contributed by atoms with Crippen molar-refractivity contribution in [3.05, 3.63) is 78.1 Å². The van der Waals surface area contributed by atoms with Crippen molar-refractivity contribution in [1.29, 1.82) is 0 Å². The van der Waals surface area contributed by atoms with E-state index in [1.165, 1.54) is 22.4 Å². The number of hydrogen-bond acceptors (Lipinski definition) is 5. The van der Waals surface area contributed by atoms with Crippen molar-refractivity contribution >= 4 is 17.0 Å². The Hall–Kier alpha value is -3.05. The molecule has 0 bridgehead atoms. The highest BCUT2D eigenvalue weighted by Gasteiger charge is 2.09. The Morgan fingerprint density at radius 3 is 2.73 bits per heavy atom. The maximum absolute atomic E-state index is 5.47. The van der Waals surface area contributed by atoms with Gasteiger partial charge < -0.3 is 14.5 Å². The standard InChI is InChI=1S/C21H18N2O2S/c1-24-19-8-7-17(20-12-22-14-25-20)10-18(19)23-11-15-9-21(26-13-15)16-5-3-2-4-6-16/h2-10,12-14,23H,11H2,1H3. The first-order chi connectivity index (χ1) is 12.8. The predicted molar refractivity (Wildman–Crippen MR) is 106 cm³/mol. The van der Waals surface area contributed by atoms with Gasteiger partial charge in [-0.1, -0.05) is 30.3 Å². The fourth-order valence-electron chi connectivity index (χ4n) is 2.78. The molecule has 5 heteroatoms. The number of oxazole rings is 1. The monoisotopic (exact) mass is 362 g/mol. The molecule has 1 N–H and O–H groups in total. The van der Waals surface area contributed by atoms with Crippen LogP contribution < -0.4 is 10.1 Å². The number of rotatable bonds is 6. The molecule has 0 saturated heterocycles. The molecule has 0 fully saturated rings. The summed E-state index contributed by atoms with van der Waals surface area (Å²) in [6.45, 7) is 0.722. The molecular weight excluding hydrogens is 344 g/mol. The second-order valence-electron chi connectivity index (χ2n) is 5.82. The third-order valence-electron chi connectivity index (χ3n) is 4.11. The first kappa shape index (κ1) is 16.4. The van der Waals surface area contributed by atoms with Crippen LogP contribution in [0.25, 0.3) is 21.8 Å². The zero-order chi connectivity index (χ0) is 17.8. The molecular formula is C21H18N2O2S. The van der Waals surface area contributed by atoms with Crippen LogP contribution in [-0.4, -0.2) is 12.1 Å². The van der Waals surface area contributed by atoms with Gasteiger partial charge in [0.2, 0.25) is 0 Å². The molecule has 0 atom stereocenters. The van der Waals surface area contributed by atoms with E-state index >= 15 is 0 Å². The van der Waals surface area contributed by atoms with Gasteiger partial charge in [0.25, 0.3) is 0 Å². The van der Waals surface area contributed by atoms with E-state index in [-0.39, 0.29) is 0 Å². The molecule has 0 unspecified atom stereocenters. The van der Waals surface area contributed by atoms with E-state index in [0.29, 0.717) is 0 Å². The smallest absolute Gasteiger partial charge is 0.181 e. The molecule has 0 spiro atoms. The molecule has 130 valence electrons. The van der Waals surface area contributed by atoms with E-state index in [1.807, 2.05) is 24.3 Å². The largest absolute Gasteiger partial charge is 0.495 e. The Morgan fingerprint density at radius 1 is 1.08 bits per heavy atom. The average Bonchev–Trinajstić information content (AvgIpc) is 3.39. The van der Waals surface area contributed by atoms with Crippen LogP contribution in [0.2, 0.25) is 0 Å². The third kappa shape index (κ3) is 3.48. The number of hydrogen-bond donors (Lipinski definition) is 1. The SMILES string of the molecule is COc1ccc(-c2cnco2)cc1NCc1csc(-c2ccccc2)c1. The summed E-state index contributed by atoms with van der Waals surface area (Å²) < 4.78 is 10.9. The average molecular weight is 362 g/mol. The van der Waals surface area contributed by atoms with Crippen molar-refractivity contribution in [3.8, 4) is 27.5 Å².